The number of carbonyl (C=O) groups is 2. The summed E-state index contributed by atoms with van der Waals surface area (Å²) >= 11 is 0. The Labute approximate surface area is 111 Å². The van der Waals surface area contributed by atoms with E-state index in [0.717, 1.165) is 31.2 Å². The molecule has 1 fully saturated rings. The minimum absolute atomic E-state index is 0.210. The van der Waals surface area contributed by atoms with E-state index in [4.69, 9.17) is 5.73 Å². The van der Waals surface area contributed by atoms with E-state index in [1.165, 1.54) is 12.1 Å². The Morgan fingerprint density at radius 3 is 2.32 bits per heavy atom. The van der Waals surface area contributed by atoms with Crippen LogP contribution in [0.15, 0.2) is 24.3 Å². The first kappa shape index (κ1) is 13.5. The van der Waals surface area contributed by atoms with Gasteiger partial charge < -0.3 is 11.1 Å². The summed E-state index contributed by atoms with van der Waals surface area (Å²) in [5.74, 6) is -2.03. The molecule has 4 nitrogen and oxygen atoms in total. The van der Waals surface area contributed by atoms with E-state index in [2.05, 4.69) is 5.32 Å². The van der Waals surface area contributed by atoms with Crippen LogP contribution in [0.5, 0.6) is 0 Å². The van der Waals surface area contributed by atoms with Gasteiger partial charge in [0.05, 0.1) is 0 Å². The molecule has 3 N–H and O–H groups in total. The van der Waals surface area contributed by atoms with Gasteiger partial charge in [0.25, 0.3) is 0 Å². The quantitative estimate of drug-likeness (QED) is 0.806. The lowest BCUT2D eigenvalue weighted by atomic mass is 9.79. The van der Waals surface area contributed by atoms with Gasteiger partial charge in [0.2, 0.25) is 0 Å². The molecule has 0 aromatic heterocycles. The van der Waals surface area contributed by atoms with Crippen LogP contribution < -0.4 is 11.1 Å². The number of hydrogen-bond acceptors (Lipinski definition) is 2. The molecule has 19 heavy (non-hydrogen) atoms. The number of nitrogens with one attached hydrogen (secondary N) is 1. The SMILES string of the molecule is NC(=O)C(=O)NCC1(c2ccc(F)cc2)CCCC1. The lowest BCUT2D eigenvalue weighted by Gasteiger charge is -2.29. The molecular formula is C14H17FN2O2. The molecule has 1 aliphatic rings. The van der Waals surface area contributed by atoms with E-state index in [1.807, 2.05) is 0 Å². The lowest BCUT2D eigenvalue weighted by Crippen LogP contribution is -2.43. The van der Waals surface area contributed by atoms with Crippen LogP contribution in [0.25, 0.3) is 0 Å². The maximum Gasteiger partial charge on any atom is 0.309 e. The number of primary amides is 1. The molecule has 1 saturated carbocycles. The third-order valence-electron chi connectivity index (χ3n) is 3.83. The summed E-state index contributed by atoms with van der Waals surface area (Å²) in [6.07, 6.45) is 3.95. The van der Waals surface area contributed by atoms with Crippen LogP contribution in [0, 0.1) is 5.82 Å². The van der Waals surface area contributed by atoms with Crippen molar-refractivity contribution in [2.45, 2.75) is 31.1 Å². The molecule has 102 valence electrons. The third kappa shape index (κ3) is 2.92. The van der Waals surface area contributed by atoms with Gasteiger partial charge in [-0.05, 0) is 30.5 Å². The Bertz CT molecular complexity index is 479. The summed E-state index contributed by atoms with van der Waals surface area (Å²) in [6.45, 7) is 0.362. The standard InChI is InChI=1S/C14H17FN2O2/c15-11-5-3-10(4-6-11)14(7-1-2-8-14)9-17-13(19)12(16)18/h3-6H,1-2,7-9H2,(H2,16,18)(H,17,19). The van der Waals surface area contributed by atoms with Crippen molar-refractivity contribution in [3.8, 4) is 0 Å². The Hall–Kier alpha value is -1.91. The van der Waals surface area contributed by atoms with Crippen molar-refractivity contribution in [3.63, 3.8) is 0 Å². The summed E-state index contributed by atoms with van der Waals surface area (Å²) < 4.78 is 13.0. The second-order valence-electron chi connectivity index (χ2n) is 5.04. The van der Waals surface area contributed by atoms with E-state index in [-0.39, 0.29) is 11.2 Å². The number of amides is 2. The molecule has 0 radical (unpaired) electrons. The van der Waals surface area contributed by atoms with Crippen LogP contribution in [0.4, 0.5) is 4.39 Å². The van der Waals surface area contributed by atoms with E-state index in [9.17, 15) is 14.0 Å². The molecule has 5 heteroatoms. The number of nitrogens with two attached hydrogens (primary N) is 1. The first-order chi connectivity index (χ1) is 9.03. The zero-order valence-electron chi connectivity index (χ0n) is 10.6. The van der Waals surface area contributed by atoms with Crippen molar-refractivity contribution in [3.05, 3.63) is 35.6 Å². The number of benzene rings is 1. The first-order valence-corrected chi connectivity index (χ1v) is 6.37. The first-order valence-electron chi connectivity index (χ1n) is 6.37. The molecule has 1 aliphatic carbocycles. The van der Waals surface area contributed by atoms with Crippen LogP contribution in [0.3, 0.4) is 0 Å². The van der Waals surface area contributed by atoms with Crippen LogP contribution in [-0.2, 0) is 15.0 Å². The number of carbonyl (C=O) groups excluding carboxylic acids is 2. The molecule has 2 amide bonds. The highest BCUT2D eigenvalue weighted by Crippen LogP contribution is 2.40. The van der Waals surface area contributed by atoms with Crippen LogP contribution in [0.2, 0.25) is 0 Å². The monoisotopic (exact) mass is 264 g/mol. The molecule has 0 heterocycles. The second kappa shape index (κ2) is 5.38. The van der Waals surface area contributed by atoms with Gasteiger partial charge in [-0.25, -0.2) is 4.39 Å². The van der Waals surface area contributed by atoms with E-state index >= 15 is 0 Å². The van der Waals surface area contributed by atoms with Gasteiger partial charge in [-0.15, -0.1) is 0 Å². The molecular weight excluding hydrogens is 247 g/mol. The molecule has 1 aromatic rings. The van der Waals surface area contributed by atoms with Crippen molar-refractivity contribution >= 4 is 11.8 Å². The minimum Gasteiger partial charge on any atom is -0.361 e. The molecule has 0 spiro atoms. The predicted molar refractivity (Wildman–Crippen MR) is 68.8 cm³/mol. The summed E-state index contributed by atoms with van der Waals surface area (Å²) in [6, 6.07) is 6.34. The highest BCUT2D eigenvalue weighted by Gasteiger charge is 2.36. The van der Waals surface area contributed by atoms with E-state index < -0.39 is 11.8 Å². The van der Waals surface area contributed by atoms with Crippen molar-refractivity contribution in [1.82, 2.24) is 5.32 Å². The summed E-state index contributed by atoms with van der Waals surface area (Å²) in [5.41, 5.74) is 5.71. The Morgan fingerprint density at radius 2 is 1.79 bits per heavy atom. The number of halogens is 1. The van der Waals surface area contributed by atoms with Crippen molar-refractivity contribution in [1.29, 1.82) is 0 Å². The van der Waals surface area contributed by atoms with Crippen LogP contribution in [0.1, 0.15) is 31.2 Å². The highest BCUT2D eigenvalue weighted by molar-refractivity contribution is 6.34. The largest absolute Gasteiger partial charge is 0.361 e. The predicted octanol–water partition coefficient (Wildman–Crippen LogP) is 1.24. The molecule has 2 rings (SSSR count). The average molecular weight is 264 g/mol. The van der Waals surface area contributed by atoms with Gasteiger partial charge >= 0.3 is 11.8 Å². The fourth-order valence-corrected chi connectivity index (χ4v) is 2.76. The second-order valence-corrected chi connectivity index (χ2v) is 5.04. The smallest absolute Gasteiger partial charge is 0.309 e. The van der Waals surface area contributed by atoms with Gasteiger partial charge in [-0.3, -0.25) is 9.59 Å². The van der Waals surface area contributed by atoms with Gasteiger partial charge in [0.15, 0.2) is 0 Å². The van der Waals surface area contributed by atoms with E-state index in [0.29, 0.717) is 6.54 Å². The zero-order valence-corrected chi connectivity index (χ0v) is 10.6. The average Bonchev–Trinajstić information content (AvgIpc) is 2.86. The molecule has 0 atom stereocenters. The minimum atomic E-state index is -0.979. The van der Waals surface area contributed by atoms with Crippen LogP contribution >= 0.6 is 0 Å². The fourth-order valence-electron chi connectivity index (χ4n) is 2.76. The van der Waals surface area contributed by atoms with Crippen LogP contribution in [-0.4, -0.2) is 18.4 Å². The van der Waals surface area contributed by atoms with Gasteiger partial charge in [-0.1, -0.05) is 25.0 Å². The maximum absolute atomic E-state index is 13.0. The van der Waals surface area contributed by atoms with E-state index in [1.54, 1.807) is 12.1 Å². The van der Waals surface area contributed by atoms with Gasteiger partial charge in [0.1, 0.15) is 5.82 Å². The Balaban J connectivity index is 2.16. The summed E-state index contributed by atoms with van der Waals surface area (Å²) in [5, 5.41) is 2.57. The summed E-state index contributed by atoms with van der Waals surface area (Å²) in [4.78, 5) is 22.0. The molecule has 0 bridgehead atoms. The summed E-state index contributed by atoms with van der Waals surface area (Å²) in [7, 11) is 0. The third-order valence-corrected chi connectivity index (χ3v) is 3.83. The Morgan fingerprint density at radius 1 is 1.21 bits per heavy atom. The normalized spacial score (nSPS) is 17.1. The van der Waals surface area contributed by atoms with Crippen molar-refractivity contribution in [2.24, 2.45) is 5.73 Å². The molecule has 0 saturated heterocycles. The topological polar surface area (TPSA) is 72.2 Å². The maximum atomic E-state index is 13.0. The Kier molecular flexibility index (Phi) is 3.83. The van der Waals surface area contributed by atoms with Crippen molar-refractivity contribution < 1.29 is 14.0 Å². The number of hydrogen-bond donors (Lipinski definition) is 2. The fraction of sp³-hybridized carbons (Fsp3) is 0.429. The zero-order chi connectivity index (χ0) is 13.9. The molecule has 0 aliphatic heterocycles. The van der Waals surface area contributed by atoms with Gasteiger partial charge in [-0.2, -0.15) is 0 Å². The molecule has 1 aromatic carbocycles. The number of rotatable bonds is 3. The molecule has 0 unspecified atom stereocenters. The highest BCUT2D eigenvalue weighted by atomic mass is 19.1. The lowest BCUT2D eigenvalue weighted by molar-refractivity contribution is -0.137. The van der Waals surface area contributed by atoms with Gasteiger partial charge in [0, 0.05) is 12.0 Å². The van der Waals surface area contributed by atoms with Crippen molar-refractivity contribution in [2.75, 3.05) is 6.54 Å².